The number of nitrogens with zero attached hydrogens (tertiary/aromatic N) is 1. The van der Waals surface area contributed by atoms with Crippen LogP contribution in [0, 0.1) is 0 Å². The fraction of sp³-hybridized carbons (Fsp3) is 0.368. The average molecular weight is 442 g/mol. The number of fused-ring (bicyclic) bond motifs is 1. The largest absolute Gasteiger partial charge is 0.597 e. The number of nitrogens with one attached hydrogen (secondary N) is 1. The van der Waals surface area contributed by atoms with Gasteiger partial charge in [-0.25, -0.2) is 0 Å². The van der Waals surface area contributed by atoms with E-state index >= 15 is 0 Å². The fourth-order valence-corrected chi connectivity index (χ4v) is 4.92. The van der Waals surface area contributed by atoms with Gasteiger partial charge < -0.3 is 9.87 Å². The van der Waals surface area contributed by atoms with E-state index < -0.39 is 11.4 Å². The second kappa shape index (κ2) is 7.49. The van der Waals surface area contributed by atoms with Crippen LogP contribution < -0.4 is 5.32 Å². The molecule has 1 heterocycles. The second-order valence-electron chi connectivity index (χ2n) is 7.11. The molecule has 0 aromatic heterocycles. The van der Waals surface area contributed by atoms with Crippen molar-refractivity contribution in [2.24, 2.45) is 0 Å². The van der Waals surface area contributed by atoms with Crippen molar-refractivity contribution in [1.82, 2.24) is 4.31 Å². The van der Waals surface area contributed by atoms with Crippen LogP contribution in [-0.2, 0) is 11.4 Å². The van der Waals surface area contributed by atoms with Crippen molar-refractivity contribution in [3.63, 3.8) is 0 Å². The lowest BCUT2D eigenvalue weighted by Crippen LogP contribution is -2.46. The molecule has 134 valence electrons. The Hall–Kier alpha value is -0.720. The molecule has 0 aliphatic carbocycles. The standard InChI is InChI=1S/C19H22BrClN2OS/c1-19(2,3)25(24)23-11-10-22-17-9-6-14(20)12-16(17)18(23)13-4-7-15(21)8-5-13/h4-9,12,18,22H,10-11H2,1-3H3. The normalized spacial score (nSPS) is 19.7. The van der Waals surface area contributed by atoms with E-state index in [1.54, 1.807) is 0 Å². The molecule has 3 rings (SSSR count). The highest BCUT2D eigenvalue weighted by Crippen LogP contribution is 2.40. The summed E-state index contributed by atoms with van der Waals surface area (Å²) in [5.74, 6) is 0. The lowest BCUT2D eigenvalue weighted by atomic mass is 9.97. The molecule has 0 bridgehead atoms. The molecular formula is C19H22BrClN2OS. The monoisotopic (exact) mass is 440 g/mol. The van der Waals surface area contributed by atoms with Crippen LogP contribution in [0.3, 0.4) is 0 Å². The fourth-order valence-electron chi connectivity index (χ4n) is 3.03. The lowest BCUT2D eigenvalue weighted by Gasteiger charge is -2.36. The topological polar surface area (TPSA) is 38.3 Å². The first-order valence-electron chi connectivity index (χ1n) is 8.25. The van der Waals surface area contributed by atoms with Gasteiger partial charge >= 0.3 is 0 Å². The van der Waals surface area contributed by atoms with Gasteiger partial charge in [0.1, 0.15) is 10.8 Å². The minimum atomic E-state index is -1.14. The molecule has 25 heavy (non-hydrogen) atoms. The van der Waals surface area contributed by atoms with E-state index in [2.05, 4.69) is 37.7 Å². The third-order valence-electron chi connectivity index (χ3n) is 4.17. The van der Waals surface area contributed by atoms with Crippen molar-refractivity contribution >= 4 is 44.6 Å². The molecule has 2 atom stereocenters. The summed E-state index contributed by atoms with van der Waals surface area (Å²) >= 11 is 8.53. The van der Waals surface area contributed by atoms with Gasteiger partial charge in [-0.15, -0.1) is 4.31 Å². The molecule has 1 aliphatic rings. The maximum Gasteiger partial charge on any atom is 0.137 e. The van der Waals surface area contributed by atoms with Gasteiger partial charge in [0.25, 0.3) is 0 Å². The molecule has 0 saturated carbocycles. The first-order chi connectivity index (χ1) is 11.8. The van der Waals surface area contributed by atoms with E-state index in [0.717, 1.165) is 27.8 Å². The van der Waals surface area contributed by atoms with Crippen LogP contribution in [0.5, 0.6) is 0 Å². The van der Waals surface area contributed by atoms with Crippen molar-refractivity contribution in [2.75, 3.05) is 18.4 Å². The van der Waals surface area contributed by atoms with E-state index in [9.17, 15) is 4.55 Å². The Labute approximate surface area is 166 Å². The summed E-state index contributed by atoms with van der Waals surface area (Å²) in [7, 11) is 0. The average Bonchev–Trinajstić information content (AvgIpc) is 2.73. The minimum absolute atomic E-state index is 0.0974. The summed E-state index contributed by atoms with van der Waals surface area (Å²) < 4.78 is 16.1. The summed E-state index contributed by atoms with van der Waals surface area (Å²) in [5, 5.41) is 4.18. The minimum Gasteiger partial charge on any atom is -0.597 e. The predicted molar refractivity (Wildman–Crippen MR) is 111 cm³/mol. The van der Waals surface area contributed by atoms with Crippen molar-refractivity contribution in [3.8, 4) is 0 Å². The molecule has 0 amide bonds. The number of rotatable bonds is 2. The van der Waals surface area contributed by atoms with E-state index in [0.29, 0.717) is 11.6 Å². The Morgan fingerprint density at radius 1 is 1.20 bits per heavy atom. The molecule has 2 unspecified atom stereocenters. The van der Waals surface area contributed by atoms with Crippen molar-refractivity contribution in [2.45, 2.75) is 31.6 Å². The van der Waals surface area contributed by atoms with Crippen LogP contribution >= 0.6 is 27.5 Å². The van der Waals surface area contributed by atoms with Crippen LogP contribution in [0.25, 0.3) is 0 Å². The molecule has 6 heteroatoms. The van der Waals surface area contributed by atoms with E-state index in [4.69, 9.17) is 11.6 Å². The summed E-state index contributed by atoms with van der Waals surface area (Å²) in [6.07, 6.45) is 0. The van der Waals surface area contributed by atoms with Crippen molar-refractivity contribution in [3.05, 3.63) is 63.1 Å². The van der Waals surface area contributed by atoms with Gasteiger partial charge in [0, 0.05) is 38.7 Å². The van der Waals surface area contributed by atoms with Crippen LogP contribution in [0.2, 0.25) is 5.02 Å². The zero-order valence-electron chi connectivity index (χ0n) is 14.6. The van der Waals surface area contributed by atoms with Gasteiger partial charge in [0.2, 0.25) is 0 Å². The summed E-state index contributed by atoms with van der Waals surface area (Å²) in [6, 6.07) is 14.0. The Morgan fingerprint density at radius 3 is 2.52 bits per heavy atom. The van der Waals surface area contributed by atoms with Crippen molar-refractivity contribution in [1.29, 1.82) is 0 Å². The summed E-state index contributed by atoms with van der Waals surface area (Å²) in [6.45, 7) is 7.50. The van der Waals surface area contributed by atoms with Gasteiger partial charge in [-0.1, -0.05) is 39.7 Å². The first-order valence-corrected chi connectivity index (χ1v) is 10.5. The number of benzene rings is 2. The first kappa shape index (κ1) is 19.1. The van der Waals surface area contributed by atoms with Gasteiger partial charge in [0.15, 0.2) is 0 Å². The van der Waals surface area contributed by atoms with Crippen LogP contribution in [0.15, 0.2) is 46.9 Å². The molecule has 2 aromatic carbocycles. The van der Waals surface area contributed by atoms with E-state index in [1.807, 2.05) is 51.1 Å². The summed E-state index contributed by atoms with van der Waals surface area (Å²) in [5.41, 5.74) is 3.29. The Balaban J connectivity index is 2.15. The van der Waals surface area contributed by atoms with Crippen molar-refractivity contribution < 1.29 is 4.55 Å². The number of halogens is 2. The molecule has 3 nitrogen and oxygen atoms in total. The zero-order valence-corrected chi connectivity index (χ0v) is 17.7. The smallest absolute Gasteiger partial charge is 0.137 e. The number of anilines is 1. The van der Waals surface area contributed by atoms with Gasteiger partial charge in [-0.3, -0.25) is 0 Å². The maximum atomic E-state index is 13.3. The van der Waals surface area contributed by atoms with Gasteiger partial charge in [-0.05, 0) is 56.7 Å². The highest BCUT2D eigenvalue weighted by Gasteiger charge is 2.40. The zero-order chi connectivity index (χ0) is 18.2. The molecular weight excluding hydrogens is 420 g/mol. The second-order valence-corrected chi connectivity index (χ2v) is 10.7. The van der Waals surface area contributed by atoms with Gasteiger partial charge in [-0.2, -0.15) is 0 Å². The van der Waals surface area contributed by atoms with Gasteiger partial charge in [0.05, 0.1) is 6.54 Å². The maximum absolute atomic E-state index is 13.3. The third-order valence-corrected chi connectivity index (χ3v) is 6.78. The number of hydrogen-bond acceptors (Lipinski definition) is 3. The van der Waals surface area contributed by atoms with Crippen LogP contribution in [0.1, 0.15) is 37.9 Å². The van der Waals surface area contributed by atoms with E-state index in [1.165, 1.54) is 0 Å². The van der Waals surface area contributed by atoms with Crippen LogP contribution in [-0.4, -0.2) is 26.7 Å². The predicted octanol–water partition coefficient (Wildman–Crippen LogP) is 5.38. The quantitative estimate of drug-likeness (QED) is 0.636. The molecule has 0 spiro atoms. The molecule has 0 saturated heterocycles. The van der Waals surface area contributed by atoms with Crippen LogP contribution in [0.4, 0.5) is 5.69 Å². The third kappa shape index (κ3) is 4.17. The SMILES string of the molecule is CC(C)(C)[S+]([O-])N1CCNc2ccc(Br)cc2C1c1ccc(Cl)cc1. The summed E-state index contributed by atoms with van der Waals surface area (Å²) in [4.78, 5) is 0. The Morgan fingerprint density at radius 2 is 1.88 bits per heavy atom. The van der Waals surface area contributed by atoms with E-state index in [-0.39, 0.29) is 10.8 Å². The number of hydrogen-bond donors (Lipinski definition) is 1. The lowest BCUT2D eigenvalue weighted by molar-refractivity contribution is 0.362. The molecule has 1 aliphatic heterocycles. The Kier molecular flexibility index (Phi) is 5.71. The highest BCUT2D eigenvalue weighted by molar-refractivity contribution is 9.10. The molecule has 1 N–H and O–H groups in total. The molecule has 0 radical (unpaired) electrons. The molecule has 2 aromatic rings. The highest BCUT2D eigenvalue weighted by atomic mass is 79.9. The Bertz CT molecular complexity index is 748. The molecule has 0 fully saturated rings.